The van der Waals surface area contributed by atoms with Crippen molar-refractivity contribution < 1.29 is 23.8 Å². The summed E-state index contributed by atoms with van der Waals surface area (Å²) in [7, 11) is 0. The van der Waals surface area contributed by atoms with Gasteiger partial charge in [0, 0.05) is 0 Å². The van der Waals surface area contributed by atoms with E-state index in [1.165, 1.54) is 23.3 Å². The summed E-state index contributed by atoms with van der Waals surface area (Å²) < 4.78 is 26.6. The molecule has 0 radical (unpaired) electrons. The number of nitrogen functional groups attached to an aromatic ring is 1. The lowest BCUT2D eigenvalue weighted by molar-refractivity contribution is -0.0241. The Hall–Kier alpha value is -2.56. The second-order valence-corrected chi connectivity index (χ2v) is 5.44. The van der Waals surface area contributed by atoms with Crippen LogP contribution in [0.5, 0.6) is 0 Å². The van der Waals surface area contributed by atoms with Gasteiger partial charge in [0.25, 0.3) is 0 Å². The lowest BCUT2D eigenvalue weighted by atomic mass is 10.1. The van der Waals surface area contributed by atoms with Crippen LogP contribution >= 0.6 is 0 Å². The van der Waals surface area contributed by atoms with Crippen molar-refractivity contribution in [1.29, 1.82) is 0 Å². The van der Waals surface area contributed by atoms with Crippen LogP contribution in [-0.2, 0) is 4.74 Å². The van der Waals surface area contributed by atoms with Gasteiger partial charge < -0.3 is 25.1 Å². The van der Waals surface area contributed by atoms with Crippen molar-refractivity contribution in [3.05, 3.63) is 30.5 Å². The zero-order valence-corrected chi connectivity index (χ0v) is 12.3. The SMILES string of the molecule is Nc1ncnn2c([C@@H]3O[C@H](CO)[C@@H](O)[C@H]3F)cc(-c3ncco3)c12. The molecule has 3 aromatic rings. The van der Waals surface area contributed by atoms with Gasteiger partial charge in [0.05, 0.1) is 24.1 Å². The van der Waals surface area contributed by atoms with E-state index in [2.05, 4.69) is 15.1 Å². The van der Waals surface area contributed by atoms with Crippen LogP contribution in [0.15, 0.2) is 29.3 Å². The topological polar surface area (TPSA) is 132 Å². The molecule has 1 fully saturated rings. The first-order valence-electron chi connectivity index (χ1n) is 7.22. The Balaban J connectivity index is 1.90. The molecule has 0 aromatic carbocycles. The monoisotopic (exact) mass is 335 g/mol. The number of alkyl halides is 1. The van der Waals surface area contributed by atoms with Crippen LogP contribution in [0, 0.1) is 0 Å². The van der Waals surface area contributed by atoms with Crippen LogP contribution < -0.4 is 5.73 Å². The lowest BCUT2D eigenvalue weighted by Crippen LogP contribution is -2.30. The minimum absolute atomic E-state index is 0.164. The Morgan fingerprint density at radius 1 is 1.38 bits per heavy atom. The number of rotatable bonds is 3. The third-order valence-electron chi connectivity index (χ3n) is 4.06. The molecule has 9 nitrogen and oxygen atoms in total. The second kappa shape index (κ2) is 5.51. The maximum Gasteiger partial charge on any atom is 0.228 e. The van der Waals surface area contributed by atoms with Crippen molar-refractivity contribution in [2.75, 3.05) is 12.3 Å². The quantitative estimate of drug-likeness (QED) is 0.614. The van der Waals surface area contributed by atoms with Gasteiger partial charge in [-0.1, -0.05) is 0 Å². The number of hydrogen-bond acceptors (Lipinski definition) is 8. The minimum Gasteiger partial charge on any atom is -0.444 e. The number of aliphatic hydroxyl groups excluding tert-OH is 2. The number of fused-ring (bicyclic) bond motifs is 1. The zero-order valence-electron chi connectivity index (χ0n) is 12.3. The lowest BCUT2D eigenvalue weighted by Gasteiger charge is -2.12. The van der Waals surface area contributed by atoms with Crippen LogP contribution in [0.4, 0.5) is 10.2 Å². The molecule has 1 aliphatic heterocycles. The van der Waals surface area contributed by atoms with E-state index in [4.69, 9.17) is 14.9 Å². The summed E-state index contributed by atoms with van der Waals surface area (Å²) >= 11 is 0. The first kappa shape index (κ1) is 15.0. The summed E-state index contributed by atoms with van der Waals surface area (Å²) in [5.41, 5.74) is 7.11. The molecule has 4 atom stereocenters. The fourth-order valence-electron chi connectivity index (χ4n) is 2.93. The van der Waals surface area contributed by atoms with Gasteiger partial charge in [-0.05, 0) is 6.07 Å². The average Bonchev–Trinajstić information content (AvgIpc) is 3.28. The van der Waals surface area contributed by atoms with E-state index in [0.717, 1.165) is 0 Å². The maximum atomic E-state index is 14.5. The Morgan fingerprint density at radius 2 is 2.21 bits per heavy atom. The smallest absolute Gasteiger partial charge is 0.228 e. The first-order chi connectivity index (χ1) is 11.6. The first-order valence-corrected chi connectivity index (χ1v) is 7.22. The summed E-state index contributed by atoms with van der Waals surface area (Å²) in [5.74, 6) is 0.435. The van der Waals surface area contributed by atoms with Gasteiger partial charge in [0.2, 0.25) is 5.89 Å². The largest absolute Gasteiger partial charge is 0.444 e. The van der Waals surface area contributed by atoms with Gasteiger partial charge in [0.15, 0.2) is 12.0 Å². The molecule has 1 saturated heterocycles. The number of aliphatic hydroxyl groups is 2. The molecule has 4 heterocycles. The Bertz CT molecular complexity index is 868. The summed E-state index contributed by atoms with van der Waals surface area (Å²) in [6.07, 6.45) is -1.21. The number of ether oxygens (including phenoxy) is 1. The second-order valence-electron chi connectivity index (χ2n) is 5.44. The van der Waals surface area contributed by atoms with Gasteiger partial charge in [-0.15, -0.1) is 0 Å². The molecule has 1 aliphatic rings. The molecular weight excluding hydrogens is 321 g/mol. The molecule has 126 valence electrons. The Kier molecular flexibility index (Phi) is 3.44. The number of aromatic nitrogens is 4. The van der Waals surface area contributed by atoms with E-state index >= 15 is 0 Å². The van der Waals surface area contributed by atoms with Gasteiger partial charge in [-0.2, -0.15) is 5.10 Å². The van der Waals surface area contributed by atoms with Gasteiger partial charge in [-0.25, -0.2) is 18.9 Å². The summed E-state index contributed by atoms with van der Waals surface area (Å²) in [6, 6.07) is 1.58. The van der Waals surface area contributed by atoms with Gasteiger partial charge >= 0.3 is 0 Å². The molecule has 24 heavy (non-hydrogen) atoms. The molecule has 0 spiro atoms. The van der Waals surface area contributed by atoms with Gasteiger partial charge in [0.1, 0.15) is 36.4 Å². The van der Waals surface area contributed by atoms with Crippen LogP contribution in [-0.4, -0.2) is 54.8 Å². The number of nitrogens with two attached hydrogens (primary N) is 1. The third-order valence-corrected chi connectivity index (χ3v) is 4.06. The molecule has 10 heteroatoms. The van der Waals surface area contributed by atoms with Crippen LogP contribution in [0.2, 0.25) is 0 Å². The zero-order chi connectivity index (χ0) is 16.8. The van der Waals surface area contributed by atoms with E-state index in [-0.39, 0.29) is 11.7 Å². The van der Waals surface area contributed by atoms with E-state index in [9.17, 15) is 14.6 Å². The molecule has 0 saturated carbocycles. The number of nitrogens with zero attached hydrogens (tertiary/aromatic N) is 4. The van der Waals surface area contributed by atoms with E-state index in [1.54, 1.807) is 6.07 Å². The summed E-state index contributed by atoms with van der Waals surface area (Å²) in [6.45, 7) is -0.495. The highest BCUT2D eigenvalue weighted by Crippen LogP contribution is 2.39. The molecule has 3 aromatic heterocycles. The Labute approximate surface area is 134 Å². The molecule has 0 amide bonds. The maximum absolute atomic E-state index is 14.5. The van der Waals surface area contributed by atoms with Crippen LogP contribution in [0.3, 0.4) is 0 Å². The highest BCUT2D eigenvalue weighted by atomic mass is 19.1. The predicted octanol–water partition coefficient (Wildman–Crippen LogP) is 0.0977. The van der Waals surface area contributed by atoms with E-state index < -0.39 is 31.1 Å². The van der Waals surface area contributed by atoms with Crippen molar-refractivity contribution in [1.82, 2.24) is 19.6 Å². The molecule has 0 aliphatic carbocycles. The normalized spacial score (nSPS) is 27.1. The number of hydrogen-bond donors (Lipinski definition) is 3. The fraction of sp³-hybridized carbons (Fsp3) is 0.357. The number of anilines is 1. The molecular formula is C14H14FN5O4. The molecule has 0 bridgehead atoms. The standard InChI is InChI=1S/C14H14FN5O4/c15-9-11(22)8(4-21)24-12(9)7-3-6(14-17-1-2-23-14)10-13(16)18-5-19-20(7)10/h1-3,5,8-9,11-12,21-22H,4H2,(H2,16,18,19)/t8-,9-,11-,12+/m1/s1. The van der Waals surface area contributed by atoms with Crippen molar-refractivity contribution in [2.24, 2.45) is 0 Å². The highest BCUT2D eigenvalue weighted by molar-refractivity contribution is 5.85. The van der Waals surface area contributed by atoms with Gasteiger partial charge in [-0.3, -0.25) is 0 Å². The summed E-state index contributed by atoms with van der Waals surface area (Å²) in [5, 5.41) is 23.1. The van der Waals surface area contributed by atoms with Crippen molar-refractivity contribution >= 4 is 11.3 Å². The Morgan fingerprint density at radius 3 is 2.88 bits per heavy atom. The van der Waals surface area contributed by atoms with E-state index in [0.29, 0.717) is 16.8 Å². The number of halogens is 1. The fourth-order valence-corrected chi connectivity index (χ4v) is 2.93. The van der Waals surface area contributed by atoms with Crippen molar-refractivity contribution in [3.63, 3.8) is 0 Å². The third kappa shape index (κ3) is 2.08. The van der Waals surface area contributed by atoms with Crippen molar-refractivity contribution in [3.8, 4) is 11.5 Å². The molecule has 4 N–H and O–H groups in total. The summed E-state index contributed by atoms with van der Waals surface area (Å²) in [4.78, 5) is 8.00. The average molecular weight is 335 g/mol. The molecule has 0 unspecified atom stereocenters. The number of oxazole rings is 1. The highest BCUT2D eigenvalue weighted by Gasteiger charge is 2.46. The van der Waals surface area contributed by atoms with Crippen LogP contribution in [0.25, 0.3) is 17.0 Å². The minimum atomic E-state index is -1.73. The molecule has 4 rings (SSSR count). The predicted molar refractivity (Wildman–Crippen MR) is 78.5 cm³/mol. The van der Waals surface area contributed by atoms with Crippen LogP contribution in [0.1, 0.15) is 11.8 Å². The van der Waals surface area contributed by atoms with E-state index in [1.807, 2.05) is 0 Å². The van der Waals surface area contributed by atoms with Crippen molar-refractivity contribution in [2.45, 2.75) is 24.5 Å².